The Labute approximate surface area is 53.3 Å². The van der Waals surface area contributed by atoms with E-state index in [0.717, 1.165) is 0 Å². The summed E-state index contributed by atoms with van der Waals surface area (Å²) < 4.78 is 0. The Morgan fingerprint density at radius 2 is 2.38 bits per heavy atom. The third kappa shape index (κ3) is 4.15. The molecule has 2 nitrogen and oxygen atoms in total. The summed E-state index contributed by atoms with van der Waals surface area (Å²) in [5, 5.41) is 8.40. The molecule has 0 aromatic carbocycles. The van der Waals surface area contributed by atoms with Gasteiger partial charge in [-0.3, -0.25) is 4.79 Å². The molecule has 0 unspecified atom stereocenters. The lowest BCUT2D eigenvalue weighted by molar-refractivity contribution is -0.111. The molecule has 0 saturated carbocycles. The van der Waals surface area contributed by atoms with Gasteiger partial charge in [0, 0.05) is 13.0 Å². The maximum Gasteiger partial charge on any atom is 0.188 e. The summed E-state index contributed by atoms with van der Waals surface area (Å²) in [4.78, 5) is 10.4. The van der Waals surface area contributed by atoms with Crippen molar-refractivity contribution < 1.29 is 9.90 Å². The lowest BCUT2D eigenvalue weighted by atomic mass is 10.3. The number of aliphatic hydroxyl groups is 1. The first-order valence-electron chi connectivity index (χ1n) is 2.49. The van der Waals surface area contributed by atoms with E-state index in [1.807, 2.05) is 0 Å². The molecule has 0 aliphatic heterocycles. The molecule has 0 aliphatic carbocycles. The minimum Gasteiger partial charge on any atom is -0.396 e. The van der Waals surface area contributed by atoms with Crippen LogP contribution < -0.4 is 0 Å². The highest BCUT2D eigenvalue weighted by Crippen LogP contribution is 2.00. The SMILES string of the molecule is CSC(=O)CCCO. The lowest BCUT2D eigenvalue weighted by Crippen LogP contribution is -1.91. The minimum atomic E-state index is 0.117. The first-order chi connectivity index (χ1) is 3.81. The third-order valence-corrected chi connectivity index (χ3v) is 1.43. The highest BCUT2D eigenvalue weighted by Gasteiger charge is 1.95. The van der Waals surface area contributed by atoms with E-state index >= 15 is 0 Å². The largest absolute Gasteiger partial charge is 0.396 e. The summed E-state index contributed by atoms with van der Waals surface area (Å²) in [6.07, 6.45) is 2.84. The summed E-state index contributed by atoms with van der Waals surface area (Å²) in [6, 6.07) is 0. The molecule has 0 fully saturated rings. The molecule has 8 heavy (non-hydrogen) atoms. The predicted molar refractivity (Wildman–Crippen MR) is 34.8 cm³/mol. The van der Waals surface area contributed by atoms with Crippen molar-refractivity contribution in [1.82, 2.24) is 0 Å². The Hall–Kier alpha value is -0.0200. The van der Waals surface area contributed by atoms with E-state index in [9.17, 15) is 4.79 Å². The van der Waals surface area contributed by atoms with Crippen LogP contribution in [0.15, 0.2) is 0 Å². The Morgan fingerprint density at radius 1 is 1.75 bits per heavy atom. The number of carbonyl (C=O) groups excluding carboxylic acids is 1. The summed E-state index contributed by atoms with van der Waals surface area (Å²) >= 11 is 1.21. The fourth-order valence-corrected chi connectivity index (χ4v) is 0.674. The van der Waals surface area contributed by atoms with Crippen molar-refractivity contribution in [3.63, 3.8) is 0 Å². The fraction of sp³-hybridized carbons (Fsp3) is 0.800. The molecule has 1 N–H and O–H groups in total. The molecule has 0 amide bonds. The van der Waals surface area contributed by atoms with Gasteiger partial charge in [0.2, 0.25) is 0 Å². The Balaban J connectivity index is 2.99. The molecule has 0 aromatic rings. The molecule has 3 heteroatoms. The third-order valence-electron chi connectivity index (χ3n) is 0.767. The first-order valence-corrected chi connectivity index (χ1v) is 3.71. The number of aliphatic hydroxyl groups excluding tert-OH is 1. The van der Waals surface area contributed by atoms with Crippen LogP contribution in [-0.2, 0) is 4.79 Å². The number of hydrogen-bond acceptors (Lipinski definition) is 3. The van der Waals surface area contributed by atoms with Crippen molar-refractivity contribution in [1.29, 1.82) is 0 Å². The molecule has 0 spiro atoms. The van der Waals surface area contributed by atoms with E-state index in [4.69, 9.17) is 5.11 Å². The number of carbonyl (C=O) groups is 1. The molecule has 0 heterocycles. The molecular formula is C5H10O2S. The Morgan fingerprint density at radius 3 is 2.75 bits per heavy atom. The van der Waals surface area contributed by atoms with Gasteiger partial charge in [0.05, 0.1) is 0 Å². The van der Waals surface area contributed by atoms with E-state index in [0.29, 0.717) is 12.8 Å². The van der Waals surface area contributed by atoms with Gasteiger partial charge in [-0.2, -0.15) is 0 Å². The van der Waals surface area contributed by atoms with Crippen molar-refractivity contribution in [3.8, 4) is 0 Å². The monoisotopic (exact) mass is 134 g/mol. The van der Waals surface area contributed by atoms with E-state index in [1.165, 1.54) is 11.8 Å². The molecule has 0 bridgehead atoms. The van der Waals surface area contributed by atoms with Crippen LogP contribution >= 0.6 is 11.8 Å². The Kier molecular flexibility index (Phi) is 5.11. The average molecular weight is 134 g/mol. The van der Waals surface area contributed by atoms with Crippen LogP contribution in [-0.4, -0.2) is 23.1 Å². The summed E-state index contributed by atoms with van der Waals surface area (Å²) in [7, 11) is 0. The zero-order chi connectivity index (χ0) is 6.41. The van der Waals surface area contributed by atoms with Crippen LogP contribution in [0.3, 0.4) is 0 Å². The number of rotatable bonds is 3. The smallest absolute Gasteiger partial charge is 0.188 e. The van der Waals surface area contributed by atoms with E-state index in [2.05, 4.69) is 0 Å². The van der Waals surface area contributed by atoms with Crippen LogP contribution in [0.1, 0.15) is 12.8 Å². The highest BCUT2D eigenvalue weighted by molar-refractivity contribution is 8.13. The second kappa shape index (κ2) is 5.12. The normalized spacial score (nSPS) is 9.25. The van der Waals surface area contributed by atoms with Crippen molar-refractivity contribution >= 4 is 16.9 Å². The van der Waals surface area contributed by atoms with Gasteiger partial charge in [-0.25, -0.2) is 0 Å². The standard InChI is InChI=1S/C5H10O2S/c1-8-5(7)3-2-4-6/h6H,2-4H2,1H3. The van der Waals surface area contributed by atoms with Gasteiger partial charge in [0.15, 0.2) is 5.12 Å². The van der Waals surface area contributed by atoms with E-state index in [1.54, 1.807) is 6.26 Å². The first kappa shape index (κ1) is 7.98. The van der Waals surface area contributed by atoms with Crippen molar-refractivity contribution in [2.24, 2.45) is 0 Å². The van der Waals surface area contributed by atoms with Gasteiger partial charge in [-0.1, -0.05) is 11.8 Å². The highest BCUT2D eigenvalue weighted by atomic mass is 32.2. The summed E-state index contributed by atoms with van der Waals surface area (Å²) in [5.74, 6) is 0. The van der Waals surface area contributed by atoms with Crippen LogP contribution in [0.25, 0.3) is 0 Å². The van der Waals surface area contributed by atoms with Crippen molar-refractivity contribution in [2.75, 3.05) is 12.9 Å². The van der Waals surface area contributed by atoms with Crippen molar-refractivity contribution in [3.05, 3.63) is 0 Å². The second-order valence-electron chi connectivity index (χ2n) is 1.40. The molecule has 0 rings (SSSR count). The van der Waals surface area contributed by atoms with Crippen LogP contribution in [0.2, 0.25) is 0 Å². The van der Waals surface area contributed by atoms with Gasteiger partial charge < -0.3 is 5.11 Å². The second-order valence-corrected chi connectivity index (χ2v) is 2.27. The molecule has 0 aliphatic rings. The fourth-order valence-electron chi connectivity index (χ4n) is 0.325. The Bertz CT molecular complexity index is 72.8. The quantitative estimate of drug-likeness (QED) is 0.615. The van der Waals surface area contributed by atoms with Gasteiger partial charge in [-0.05, 0) is 12.7 Å². The zero-order valence-electron chi connectivity index (χ0n) is 4.89. The average Bonchev–Trinajstić information content (AvgIpc) is 1.83. The molecule has 0 aromatic heterocycles. The topological polar surface area (TPSA) is 37.3 Å². The maximum atomic E-state index is 10.4. The van der Waals surface area contributed by atoms with Crippen LogP contribution in [0, 0.1) is 0 Å². The van der Waals surface area contributed by atoms with Crippen LogP contribution in [0.4, 0.5) is 0 Å². The van der Waals surface area contributed by atoms with Gasteiger partial charge >= 0.3 is 0 Å². The zero-order valence-corrected chi connectivity index (χ0v) is 5.70. The van der Waals surface area contributed by atoms with E-state index in [-0.39, 0.29) is 11.7 Å². The lowest BCUT2D eigenvalue weighted by Gasteiger charge is -1.90. The van der Waals surface area contributed by atoms with Gasteiger partial charge in [-0.15, -0.1) is 0 Å². The van der Waals surface area contributed by atoms with Crippen LogP contribution in [0.5, 0.6) is 0 Å². The summed E-state index contributed by atoms with van der Waals surface area (Å²) in [5.41, 5.74) is 0. The van der Waals surface area contributed by atoms with Gasteiger partial charge in [0.25, 0.3) is 0 Å². The van der Waals surface area contributed by atoms with Crippen molar-refractivity contribution in [2.45, 2.75) is 12.8 Å². The molecule has 0 atom stereocenters. The predicted octanol–water partition coefficient (Wildman–Crippen LogP) is 0.649. The molecule has 0 saturated heterocycles. The number of hydrogen-bond donors (Lipinski definition) is 1. The van der Waals surface area contributed by atoms with E-state index < -0.39 is 0 Å². The van der Waals surface area contributed by atoms with Gasteiger partial charge in [0.1, 0.15) is 0 Å². The summed E-state index contributed by atoms with van der Waals surface area (Å²) in [6.45, 7) is 0.117. The molecule has 0 radical (unpaired) electrons. The maximum absolute atomic E-state index is 10.4. The molecule has 48 valence electrons. The molecular weight excluding hydrogens is 124 g/mol. The number of thioether (sulfide) groups is 1. The minimum absolute atomic E-state index is 0.117.